The van der Waals surface area contributed by atoms with Gasteiger partial charge in [-0.15, -0.1) is 10.8 Å². The number of alkyl halides is 3. The Kier molecular flexibility index (Phi) is 9.11. The average Bonchev–Trinajstić information content (AvgIpc) is 2.68. The Morgan fingerprint density at radius 3 is 2.52 bits per heavy atom. The van der Waals surface area contributed by atoms with Crippen LogP contribution in [0.25, 0.3) is 0 Å². The Balaban J connectivity index is 3.43. The van der Waals surface area contributed by atoms with E-state index in [-0.39, 0.29) is 24.5 Å². The summed E-state index contributed by atoms with van der Waals surface area (Å²) in [5, 5.41) is 2.53. The second-order valence-electron chi connectivity index (χ2n) is 6.34. The largest absolute Gasteiger partial charge is 0.496 e. The van der Waals surface area contributed by atoms with Gasteiger partial charge in [0, 0.05) is 31.6 Å². The number of halogens is 3. The van der Waals surface area contributed by atoms with E-state index in [1.165, 1.54) is 19.2 Å². The molecule has 160 valence electrons. The van der Waals surface area contributed by atoms with Crippen molar-refractivity contribution in [2.24, 2.45) is 10.2 Å². The highest BCUT2D eigenvalue weighted by Crippen LogP contribution is 2.49. The molecule has 29 heavy (non-hydrogen) atoms. The number of hydrogen-bond acceptors (Lipinski definition) is 5. The summed E-state index contributed by atoms with van der Waals surface area (Å²) in [6.07, 6.45) is -4.07. The Labute approximate surface area is 169 Å². The van der Waals surface area contributed by atoms with Gasteiger partial charge in [-0.25, -0.2) is 4.99 Å². The normalized spacial score (nSPS) is 13.5. The molecule has 1 unspecified atom stereocenters. The molecule has 0 radical (unpaired) electrons. The van der Waals surface area contributed by atoms with Gasteiger partial charge in [-0.2, -0.15) is 13.2 Å². The molecule has 0 spiro atoms. The Morgan fingerprint density at radius 1 is 1.31 bits per heavy atom. The van der Waals surface area contributed by atoms with Gasteiger partial charge in [0.25, 0.3) is 0 Å². The molecule has 0 N–H and O–H groups in total. The number of rotatable bonds is 10. The van der Waals surface area contributed by atoms with Crippen LogP contribution in [-0.2, 0) is 10.3 Å². The predicted molar refractivity (Wildman–Crippen MR) is 107 cm³/mol. The first-order valence-electron chi connectivity index (χ1n) is 8.99. The third-order valence-corrected chi connectivity index (χ3v) is 4.44. The molecule has 9 heteroatoms. The number of aliphatic imine (C=N–C) groups is 1. The maximum Gasteiger partial charge on any atom is 0.421 e. The van der Waals surface area contributed by atoms with Crippen molar-refractivity contribution < 1.29 is 22.6 Å². The number of hydrogen-bond donors (Lipinski definition) is 0. The molecule has 0 saturated carbocycles. The molecule has 0 aromatic heterocycles. The predicted octanol–water partition coefficient (Wildman–Crippen LogP) is 4.57. The number of methoxy groups -OCH3 is 1. The molecular formula is C20H26F3N3O3. The van der Waals surface area contributed by atoms with E-state index in [0.717, 1.165) is 0 Å². The first-order chi connectivity index (χ1) is 13.7. The van der Waals surface area contributed by atoms with Gasteiger partial charge in [0.1, 0.15) is 12.4 Å². The third kappa shape index (κ3) is 5.94. The van der Waals surface area contributed by atoms with Crippen molar-refractivity contribution in [3.8, 4) is 17.6 Å². The fourth-order valence-corrected chi connectivity index (χ4v) is 2.54. The van der Waals surface area contributed by atoms with E-state index < -0.39 is 18.1 Å². The minimum atomic E-state index is -4.94. The molecule has 6 nitrogen and oxygen atoms in total. The topological polar surface area (TPSA) is 63.5 Å². The van der Waals surface area contributed by atoms with E-state index in [2.05, 4.69) is 22.0 Å². The van der Waals surface area contributed by atoms with Gasteiger partial charge in [0.15, 0.2) is 0 Å². The zero-order valence-corrected chi connectivity index (χ0v) is 17.3. The Hall–Kier alpha value is -2.60. The van der Waals surface area contributed by atoms with Crippen LogP contribution >= 0.6 is 0 Å². The van der Waals surface area contributed by atoms with Crippen LogP contribution in [0.5, 0.6) is 5.75 Å². The summed E-state index contributed by atoms with van der Waals surface area (Å²) in [7, 11) is 3.05. The van der Waals surface area contributed by atoms with Crippen LogP contribution in [0.1, 0.15) is 31.4 Å². The van der Waals surface area contributed by atoms with Crippen LogP contribution in [0.2, 0.25) is 0 Å². The second-order valence-corrected chi connectivity index (χ2v) is 6.34. The van der Waals surface area contributed by atoms with Crippen LogP contribution in [0, 0.1) is 23.7 Å². The van der Waals surface area contributed by atoms with Gasteiger partial charge >= 0.3 is 6.18 Å². The minimum Gasteiger partial charge on any atom is -0.496 e. The van der Waals surface area contributed by atoms with Gasteiger partial charge in [0.05, 0.1) is 25.7 Å². The van der Waals surface area contributed by atoms with Crippen LogP contribution in [0.3, 0.4) is 0 Å². The van der Waals surface area contributed by atoms with Crippen molar-refractivity contribution in [1.82, 2.24) is 4.90 Å². The number of aryl methyl sites for hydroxylation is 1. The van der Waals surface area contributed by atoms with Crippen molar-refractivity contribution in [1.29, 1.82) is 0 Å². The van der Waals surface area contributed by atoms with E-state index in [1.54, 1.807) is 20.2 Å². The van der Waals surface area contributed by atoms with Gasteiger partial charge in [-0.3, -0.25) is 0 Å². The monoisotopic (exact) mass is 413 g/mol. The van der Waals surface area contributed by atoms with Crippen molar-refractivity contribution >= 4 is 12.0 Å². The van der Waals surface area contributed by atoms with E-state index >= 15 is 0 Å². The lowest BCUT2D eigenvalue weighted by Gasteiger charge is -2.31. The Bertz CT molecular complexity index is 785. The minimum absolute atomic E-state index is 0.0297. The highest BCUT2D eigenvalue weighted by Gasteiger charge is 2.59. The first kappa shape index (κ1) is 24.4. The summed E-state index contributed by atoms with van der Waals surface area (Å²) < 4.78 is 52.3. The molecule has 0 saturated heterocycles. The molecule has 0 aliphatic rings. The van der Waals surface area contributed by atoms with Crippen LogP contribution in [0.4, 0.5) is 18.9 Å². The van der Waals surface area contributed by atoms with Crippen LogP contribution in [-0.4, -0.2) is 51.3 Å². The number of benzene rings is 1. The smallest absolute Gasteiger partial charge is 0.421 e. The molecule has 0 amide bonds. The standard InChI is InChI=1S/C20H26F3N3O3/c1-6-8-10-29-11-9-19(25-27,20(21,22)23)16-12-15(3)17(13-18(16)28-5)24-14-26(4)7-2/h12-14H,7,9-11H2,1-5H3/b24-14+. The highest BCUT2D eigenvalue weighted by molar-refractivity contribution is 5.65. The molecule has 0 heterocycles. The lowest BCUT2D eigenvalue weighted by atomic mass is 9.85. The van der Waals surface area contributed by atoms with Crippen LogP contribution < -0.4 is 4.74 Å². The molecular weight excluding hydrogens is 387 g/mol. The van der Waals surface area contributed by atoms with E-state index in [1.807, 2.05) is 18.9 Å². The first-order valence-corrected chi connectivity index (χ1v) is 8.99. The maximum absolute atomic E-state index is 14.0. The SMILES string of the molecule is CC#CCOCCC(N=O)(c1cc(C)c(/N=C/N(C)CC)cc1OC)C(F)(F)F. The molecule has 1 rings (SSSR count). The summed E-state index contributed by atoms with van der Waals surface area (Å²) in [5.41, 5.74) is -2.49. The lowest BCUT2D eigenvalue weighted by molar-refractivity contribution is -0.194. The Morgan fingerprint density at radius 2 is 2.00 bits per heavy atom. The average molecular weight is 413 g/mol. The van der Waals surface area contributed by atoms with E-state index in [9.17, 15) is 18.1 Å². The van der Waals surface area contributed by atoms with E-state index in [0.29, 0.717) is 17.8 Å². The number of ether oxygens (including phenoxy) is 2. The molecule has 1 aromatic rings. The summed E-state index contributed by atoms with van der Waals surface area (Å²) >= 11 is 0. The van der Waals surface area contributed by atoms with Gasteiger partial charge in [0.2, 0.25) is 5.54 Å². The summed E-state index contributed by atoms with van der Waals surface area (Å²) in [6, 6.07) is 2.62. The maximum atomic E-state index is 14.0. The number of nitroso groups, excluding NO2 is 1. The van der Waals surface area contributed by atoms with E-state index in [4.69, 9.17) is 9.47 Å². The van der Waals surface area contributed by atoms with Gasteiger partial charge in [-0.1, -0.05) is 5.92 Å². The van der Waals surface area contributed by atoms with Crippen molar-refractivity contribution in [2.45, 2.75) is 38.9 Å². The second kappa shape index (κ2) is 10.8. The molecule has 0 fully saturated rings. The summed E-state index contributed by atoms with van der Waals surface area (Å²) in [4.78, 5) is 17.7. The van der Waals surface area contributed by atoms with Crippen molar-refractivity contribution in [3.05, 3.63) is 28.2 Å². The highest BCUT2D eigenvalue weighted by atomic mass is 19.4. The molecule has 1 atom stereocenters. The zero-order chi connectivity index (χ0) is 22.1. The summed E-state index contributed by atoms with van der Waals surface area (Å²) in [6.45, 7) is 5.48. The number of nitrogens with zero attached hydrogens (tertiary/aromatic N) is 3. The molecule has 0 bridgehead atoms. The van der Waals surface area contributed by atoms with Gasteiger partial charge < -0.3 is 14.4 Å². The fraction of sp³-hybridized carbons (Fsp3) is 0.550. The lowest BCUT2D eigenvalue weighted by Crippen LogP contribution is -2.41. The molecule has 0 aliphatic carbocycles. The summed E-state index contributed by atoms with van der Waals surface area (Å²) in [5.74, 6) is 5.05. The molecule has 0 aliphatic heterocycles. The van der Waals surface area contributed by atoms with Gasteiger partial charge in [-0.05, 0) is 37.6 Å². The van der Waals surface area contributed by atoms with Crippen molar-refractivity contribution in [2.75, 3.05) is 33.9 Å². The fourth-order valence-electron chi connectivity index (χ4n) is 2.54. The van der Waals surface area contributed by atoms with Crippen molar-refractivity contribution in [3.63, 3.8) is 0 Å². The zero-order valence-electron chi connectivity index (χ0n) is 17.3. The third-order valence-electron chi connectivity index (χ3n) is 4.44. The molecule has 1 aromatic carbocycles. The quantitative estimate of drug-likeness (QED) is 0.185. The van der Waals surface area contributed by atoms with Crippen LogP contribution in [0.15, 0.2) is 22.3 Å².